The molecule has 1 N–H and O–H groups in total. The number of Topliss-reactive ketones (excluding diaryl/α,β-unsaturated/α-hetero) is 1. The Kier molecular flexibility index (Phi) is 7.78. The van der Waals surface area contributed by atoms with Gasteiger partial charge in [-0.05, 0) is 60.9 Å². The zero-order valence-corrected chi connectivity index (χ0v) is 23.7. The number of ether oxygens (including phenoxy) is 1. The summed E-state index contributed by atoms with van der Waals surface area (Å²) in [4.78, 5) is 45.3. The topological polar surface area (TPSA) is 136 Å². The molecule has 2 aromatic heterocycles. The third-order valence-corrected chi connectivity index (χ3v) is 7.40. The van der Waals surface area contributed by atoms with Crippen LogP contribution in [0.3, 0.4) is 0 Å². The number of ketones is 1. The number of carbonyl (C=O) groups is 3. The molecule has 0 fully saturated rings. The molecule has 0 radical (unpaired) electrons. The molecule has 3 heterocycles. The Bertz CT molecular complexity index is 1580. The number of benzene rings is 2. The van der Waals surface area contributed by atoms with Crippen LogP contribution >= 0.6 is 0 Å². The second-order valence-electron chi connectivity index (χ2n) is 10.2. The molecule has 0 aliphatic carbocycles. The lowest BCUT2D eigenvalue weighted by Gasteiger charge is -2.43. The number of hydrogen-bond donors (Lipinski definition) is 1. The van der Waals surface area contributed by atoms with Crippen molar-refractivity contribution in [1.29, 1.82) is 0 Å². The third-order valence-electron chi connectivity index (χ3n) is 7.40. The van der Waals surface area contributed by atoms with Crippen molar-refractivity contribution in [3.8, 4) is 28.2 Å². The van der Waals surface area contributed by atoms with E-state index in [9.17, 15) is 14.4 Å². The lowest BCUT2D eigenvalue weighted by Crippen LogP contribution is -2.57. The number of amides is 1. The summed E-state index contributed by atoms with van der Waals surface area (Å²) < 4.78 is 7.52. The van der Waals surface area contributed by atoms with Gasteiger partial charge in [-0.1, -0.05) is 43.3 Å². The molecule has 1 aliphatic heterocycles. The van der Waals surface area contributed by atoms with E-state index in [4.69, 9.17) is 9.72 Å². The number of tetrazole rings is 1. The van der Waals surface area contributed by atoms with Crippen molar-refractivity contribution in [1.82, 2.24) is 35.1 Å². The molecule has 4 aromatic rings. The van der Waals surface area contributed by atoms with Crippen molar-refractivity contribution < 1.29 is 19.1 Å². The van der Waals surface area contributed by atoms with Gasteiger partial charge in [-0.2, -0.15) is 0 Å². The highest BCUT2D eigenvalue weighted by molar-refractivity contribution is 5.99. The van der Waals surface area contributed by atoms with Crippen LogP contribution in [0.1, 0.15) is 57.7 Å². The smallest absolute Gasteiger partial charge is 0.338 e. The molecule has 11 heteroatoms. The number of H-pyrrole nitrogens is 1. The Labute approximate surface area is 237 Å². The van der Waals surface area contributed by atoms with Crippen LogP contribution in [0.15, 0.2) is 48.5 Å². The zero-order valence-electron chi connectivity index (χ0n) is 23.7. The molecule has 0 bridgehead atoms. The molecule has 11 nitrogen and oxygen atoms in total. The predicted molar refractivity (Wildman–Crippen MR) is 151 cm³/mol. The standard InChI is InChI=1S/C30H33N7O4/c1-5-9-25-31-24-16-17-36(26(39)18-19(3)38)30(4,29(40)41-6-2)27(24)37(25)21-14-12-20(13-15-21)22-10-7-8-11-23(22)28-32-34-35-33-28/h7-8,10-15H,5-6,9,16-18H2,1-4H3,(H,32,33,34,35). The van der Waals surface area contributed by atoms with Crippen molar-refractivity contribution in [2.75, 3.05) is 13.2 Å². The van der Waals surface area contributed by atoms with Crippen LogP contribution in [-0.4, -0.2) is 65.9 Å². The number of esters is 1. The Morgan fingerprint density at radius 1 is 1.05 bits per heavy atom. The fourth-order valence-corrected chi connectivity index (χ4v) is 5.59. The van der Waals surface area contributed by atoms with Crippen LogP contribution in [0.4, 0.5) is 0 Å². The molecule has 2 aromatic carbocycles. The van der Waals surface area contributed by atoms with Gasteiger partial charge in [0.1, 0.15) is 11.6 Å². The first-order valence-electron chi connectivity index (χ1n) is 13.8. The summed E-state index contributed by atoms with van der Waals surface area (Å²) in [5.74, 6) is 0.156. The predicted octanol–water partition coefficient (Wildman–Crippen LogP) is 3.81. The van der Waals surface area contributed by atoms with E-state index in [0.29, 0.717) is 24.4 Å². The van der Waals surface area contributed by atoms with Crippen molar-refractivity contribution in [3.05, 3.63) is 65.7 Å². The monoisotopic (exact) mass is 555 g/mol. The number of imidazole rings is 1. The summed E-state index contributed by atoms with van der Waals surface area (Å²) in [7, 11) is 0. The molecule has 0 spiro atoms. The maximum Gasteiger partial charge on any atom is 0.338 e. The Morgan fingerprint density at radius 2 is 1.78 bits per heavy atom. The van der Waals surface area contributed by atoms with E-state index in [1.54, 1.807) is 13.8 Å². The number of aromatic nitrogens is 6. The van der Waals surface area contributed by atoms with Gasteiger partial charge < -0.3 is 9.64 Å². The molecule has 1 unspecified atom stereocenters. The minimum absolute atomic E-state index is 0.156. The average molecular weight is 556 g/mol. The maximum atomic E-state index is 13.7. The number of fused-ring (bicyclic) bond motifs is 1. The van der Waals surface area contributed by atoms with E-state index in [1.807, 2.05) is 53.1 Å². The highest BCUT2D eigenvalue weighted by Gasteiger charge is 2.52. The first kappa shape index (κ1) is 27.9. The Balaban J connectivity index is 1.65. The first-order valence-corrected chi connectivity index (χ1v) is 13.8. The highest BCUT2D eigenvalue weighted by Crippen LogP contribution is 2.40. The van der Waals surface area contributed by atoms with E-state index >= 15 is 0 Å². The number of rotatable bonds is 9. The SMILES string of the molecule is CCCc1nc2c(n1-c1ccc(-c3ccccc3-c3nnn[nH]3)cc1)C(C)(C(=O)OCC)N(C(=O)CC(C)=O)CC2. The third kappa shape index (κ3) is 5.03. The second-order valence-corrected chi connectivity index (χ2v) is 10.2. The normalized spacial score (nSPS) is 16.3. The summed E-state index contributed by atoms with van der Waals surface area (Å²) in [6.45, 7) is 7.30. The molecule has 1 amide bonds. The fourth-order valence-electron chi connectivity index (χ4n) is 5.59. The lowest BCUT2D eigenvalue weighted by molar-refractivity contribution is -0.165. The van der Waals surface area contributed by atoms with Gasteiger partial charge >= 0.3 is 5.97 Å². The fraction of sp³-hybridized carbons (Fsp3) is 0.367. The highest BCUT2D eigenvalue weighted by atomic mass is 16.5. The number of aromatic amines is 1. The zero-order chi connectivity index (χ0) is 29.1. The van der Waals surface area contributed by atoms with Gasteiger partial charge in [0.15, 0.2) is 11.4 Å². The summed E-state index contributed by atoms with van der Waals surface area (Å²) in [6, 6.07) is 15.8. The van der Waals surface area contributed by atoms with E-state index in [-0.39, 0.29) is 25.4 Å². The van der Waals surface area contributed by atoms with Crippen LogP contribution < -0.4 is 0 Å². The second kappa shape index (κ2) is 11.4. The van der Waals surface area contributed by atoms with Crippen LogP contribution in [0.2, 0.25) is 0 Å². The molecule has 1 atom stereocenters. The van der Waals surface area contributed by atoms with Crippen molar-refractivity contribution in [2.24, 2.45) is 0 Å². The minimum Gasteiger partial charge on any atom is -0.464 e. The van der Waals surface area contributed by atoms with Crippen molar-refractivity contribution in [2.45, 2.75) is 58.9 Å². The van der Waals surface area contributed by atoms with Crippen LogP contribution in [-0.2, 0) is 37.5 Å². The van der Waals surface area contributed by atoms with Crippen LogP contribution in [0, 0.1) is 0 Å². The Hall–Kier alpha value is -4.67. The van der Waals surface area contributed by atoms with Gasteiger partial charge in [0.2, 0.25) is 5.91 Å². The van der Waals surface area contributed by atoms with E-state index in [0.717, 1.165) is 40.3 Å². The van der Waals surface area contributed by atoms with Gasteiger partial charge in [0, 0.05) is 30.6 Å². The molecule has 41 heavy (non-hydrogen) atoms. The summed E-state index contributed by atoms with van der Waals surface area (Å²) in [6.07, 6.45) is 1.70. The number of aryl methyl sites for hydroxylation is 1. The van der Waals surface area contributed by atoms with E-state index in [1.165, 1.54) is 11.8 Å². The minimum atomic E-state index is -1.46. The molecule has 0 saturated carbocycles. The number of hydrogen-bond acceptors (Lipinski definition) is 8. The number of nitrogens with one attached hydrogen (secondary N) is 1. The van der Waals surface area contributed by atoms with E-state index in [2.05, 4.69) is 27.5 Å². The molecule has 0 saturated heterocycles. The quantitative estimate of drug-likeness (QED) is 0.243. The molecular weight excluding hydrogens is 522 g/mol. The lowest BCUT2D eigenvalue weighted by atomic mass is 9.87. The summed E-state index contributed by atoms with van der Waals surface area (Å²) >= 11 is 0. The van der Waals surface area contributed by atoms with Crippen LogP contribution in [0.5, 0.6) is 0 Å². The molecule has 5 rings (SSSR count). The largest absolute Gasteiger partial charge is 0.464 e. The van der Waals surface area contributed by atoms with Crippen LogP contribution in [0.25, 0.3) is 28.2 Å². The van der Waals surface area contributed by atoms with Gasteiger partial charge in [-0.25, -0.2) is 14.9 Å². The van der Waals surface area contributed by atoms with Gasteiger partial charge in [0.05, 0.1) is 24.4 Å². The summed E-state index contributed by atoms with van der Waals surface area (Å²) in [5.41, 5.74) is 3.48. The average Bonchev–Trinajstić information content (AvgIpc) is 3.62. The van der Waals surface area contributed by atoms with Crippen molar-refractivity contribution in [3.63, 3.8) is 0 Å². The van der Waals surface area contributed by atoms with Gasteiger partial charge in [-0.15, -0.1) is 5.10 Å². The summed E-state index contributed by atoms with van der Waals surface area (Å²) in [5, 5.41) is 14.3. The number of carbonyl (C=O) groups excluding carboxylic acids is 3. The molecule has 1 aliphatic rings. The molecule has 212 valence electrons. The number of nitrogens with zero attached hydrogens (tertiary/aromatic N) is 6. The van der Waals surface area contributed by atoms with Gasteiger partial charge in [0.25, 0.3) is 0 Å². The first-order chi connectivity index (χ1) is 19.8. The Morgan fingerprint density at radius 3 is 2.41 bits per heavy atom. The maximum absolute atomic E-state index is 13.7. The molecular formula is C30H33N7O4. The van der Waals surface area contributed by atoms with E-state index < -0.39 is 17.4 Å². The van der Waals surface area contributed by atoms with Crippen molar-refractivity contribution >= 4 is 17.7 Å². The van der Waals surface area contributed by atoms with Gasteiger partial charge in [-0.3, -0.25) is 14.2 Å².